The second-order valence-electron chi connectivity index (χ2n) is 7.38. The number of hydrogen-bond donors (Lipinski definition) is 1. The molecule has 0 aromatic heterocycles. The fraction of sp³-hybridized carbons (Fsp3) is 0.650. The van der Waals surface area contributed by atoms with Gasteiger partial charge in [-0.3, -0.25) is 14.6 Å². The molecule has 2 heterocycles. The Bertz CT molecular complexity index is 594. The van der Waals surface area contributed by atoms with Gasteiger partial charge in [-0.2, -0.15) is 0 Å². The van der Waals surface area contributed by atoms with E-state index in [1.165, 1.54) is 19.4 Å². The number of aryl methyl sites for hydroxylation is 1. The van der Waals surface area contributed by atoms with Crippen LogP contribution in [0.1, 0.15) is 18.4 Å². The normalized spacial score (nSPS) is 20.1. The number of likely N-dealkylation sites (tertiary alicyclic amines) is 1. The summed E-state index contributed by atoms with van der Waals surface area (Å²) in [4.78, 5) is 17.2. The van der Waals surface area contributed by atoms with E-state index in [4.69, 9.17) is 9.47 Å². The number of methoxy groups -OCH3 is 1. The average molecular weight is 361 g/mol. The molecule has 1 aromatic carbocycles. The zero-order chi connectivity index (χ0) is 18.4. The number of amides is 1. The number of anilines is 1. The molecule has 2 fully saturated rings. The first-order chi connectivity index (χ1) is 12.6. The number of nitrogens with zero attached hydrogens (tertiary/aromatic N) is 2. The molecule has 0 saturated carbocycles. The highest BCUT2D eigenvalue weighted by Gasteiger charge is 2.23. The number of ether oxygens (including phenoxy) is 2. The van der Waals surface area contributed by atoms with E-state index in [1.807, 2.05) is 25.1 Å². The smallest absolute Gasteiger partial charge is 0.238 e. The molecule has 0 atom stereocenters. The fourth-order valence-corrected chi connectivity index (χ4v) is 3.79. The van der Waals surface area contributed by atoms with Gasteiger partial charge in [-0.05, 0) is 56.5 Å². The molecule has 26 heavy (non-hydrogen) atoms. The minimum Gasteiger partial charge on any atom is -0.495 e. The van der Waals surface area contributed by atoms with Crippen molar-refractivity contribution in [1.82, 2.24) is 9.80 Å². The molecule has 2 aliphatic rings. The molecule has 0 spiro atoms. The number of piperidine rings is 1. The molecule has 0 aliphatic carbocycles. The van der Waals surface area contributed by atoms with Gasteiger partial charge in [0.1, 0.15) is 5.75 Å². The number of morpholine rings is 1. The van der Waals surface area contributed by atoms with Gasteiger partial charge in [0.05, 0.1) is 32.6 Å². The molecule has 6 heteroatoms. The van der Waals surface area contributed by atoms with Crippen molar-refractivity contribution in [3.8, 4) is 5.75 Å². The van der Waals surface area contributed by atoms with Crippen molar-refractivity contribution in [1.29, 1.82) is 0 Å². The number of carbonyl (C=O) groups excluding carboxylic acids is 1. The number of carbonyl (C=O) groups is 1. The van der Waals surface area contributed by atoms with Crippen LogP contribution >= 0.6 is 0 Å². The fourth-order valence-electron chi connectivity index (χ4n) is 3.79. The van der Waals surface area contributed by atoms with Crippen molar-refractivity contribution < 1.29 is 14.3 Å². The monoisotopic (exact) mass is 361 g/mol. The molecule has 0 unspecified atom stereocenters. The third-order valence-electron chi connectivity index (χ3n) is 5.32. The van der Waals surface area contributed by atoms with Gasteiger partial charge < -0.3 is 14.8 Å². The molecule has 6 nitrogen and oxygen atoms in total. The molecular formula is C20H31N3O3. The van der Waals surface area contributed by atoms with Crippen LogP contribution in [0.5, 0.6) is 5.75 Å². The lowest BCUT2D eigenvalue weighted by molar-refractivity contribution is -0.117. The third kappa shape index (κ3) is 5.43. The van der Waals surface area contributed by atoms with Gasteiger partial charge in [-0.1, -0.05) is 6.07 Å². The Balaban J connectivity index is 1.42. The standard InChI is InChI=1S/C20H31N3O3/c1-16-3-4-19(25-2)18(13-16)21-20(24)15-22-7-5-17(6-8-22)14-23-9-11-26-12-10-23/h3-4,13,17H,5-12,14-15H2,1-2H3,(H,21,24). The Kier molecular flexibility index (Phi) is 6.88. The summed E-state index contributed by atoms with van der Waals surface area (Å²) in [5.74, 6) is 1.47. The van der Waals surface area contributed by atoms with Crippen molar-refractivity contribution in [3.05, 3.63) is 23.8 Å². The highest BCUT2D eigenvalue weighted by Crippen LogP contribution is 2.25. The average Bonchev–Trinajstić information content (AvgIpc) is 2.64. The first-order valence-corrected chi connectivity index (χ1v) is 9.61. The predicted molar refractivity (Wildman–Crippen MR) is 103 cm³/mol. The second-order valence-corrected chi connectivity index (χ2v) is 7.38. The first-order valence-electron chi connectivity index (χ1n) is 9.61. The summed E-state index contributed by atoms with van der Waals surface area (Å²) in [5, 5.41) is 3.00. The van der Waals surface area contributed by atoms with Crippen LogP contribution in [0.25, 0.3) is 0 Å². The van der Waals surface area contributed by atoms with Crippen molar-refractivity contribution in [2.75, 3.05) is 64.9 Å². The first kappa shape index (κ1) is 19.1. The number of nitrogens with one attached hydrogen (secondary N) is 1. The van der Waals surface area contributed by atoms with Crippen LogP contribution in [0, 0.1) is 12.8 Å². The van der Waals surface area contributed by atoms with Crippen LogP contribution in [-0.4, -0.2) is 75.3 Å². The van der Waals surface area contributed by atoms with Crippen molar-refractivity contribution >= 4 is 11.6 Å². The van der Waals surface area contributed by atoms with E-state index in [2.05, 4.69) is 15.1 Å². The zero-order valence-electron chi connectivity index (χ0n) is 16.0. The Morgan fingerprint density at radius 2 is 1.92 bits per heavy atom. The third-order valence-corrected chi connectivity index (χ3v) is 5.32. The minimum atomic E-state index is 0.0283. The maximum Gasteiger partial charge on any atom is 0.238 e. The van der Waals surface area contributed by atoms with E-state index < -0.39 is 0 Å². The van der Waals surface area contributed by atoms with Crippen LogP contribution in [0.4, 0.5) is 5.69 Å². The molecule has 1 N–H and O–H groups in total. The SMILES string of the molecule is COc1ccc(C)cc1NC(=O)CN1CCC(CN2CCOCC2)CC1. The summed E-state index contributed by atoms with van der Waals surface area (Å²) in [6.45, 7) is 9.45. The van der Waals surface area contributed by atoms with E-state index in [-0.39, 0.29) is 5.91 Å². The molecular weight excluding hydrogens is 330 g/mol. The summed E-state index contributed by atoms with van der Waals surface area (Å²) in [6.07, 6.45) is 2.33. The largest absolute Gasteiger partial charge is 0.495 e. The summed E-state index contributed by atoms with van der Waals surface area (Å²) >= 11 is 0. The highest BCUT2D eigenvalue weighted by atomic mass is 16.5. The van der Waals surface area contributed by atoms with E-state index in [0.717, 1.165) is 56.6 Å². The Morgan fingerprint density at radius 3 is 2.62 bits per heavy atom. The van der Waals surface area contributed by atoms with E-state index in [9.17, 15) is 4.79 Å². The van der Waals surface area contributed by atoms with Crippen molar-refractivity contribution in [2.24, 2.45) is 5.92 Å². The predicted octanol–water partition coefficient (Wildman–Crippen LogP) is 1.99. The maximum atomic E-state index is 12.4. The van der Waals surface area contributed by atoms with Gasteiger partial charge in [0.2, 0.25) is 5.91 Å². The molecule has 3 rings (SSSR count). The summed E-state index contributed by atoms with van der Waals surface area (Å²) < 4.78 is 10.8. The quantitative estimate of drug-likeness (QED) is 0.840. The number of rotatable bonds is 6. The number of benzene rings is 1. The summed E-state index contributed by atoms with van der Waals surface area (Å²) in [7, 11) is 1.62. The lowest BCUT2D eigenvalue weighted by Gasteiger charge is -2.35. The van der Waals surface area contributed by atoms with E-state index in [1.54, 1.807) is 7.11 Å². The molecule has 1 aromatic rings. The van der Waals surface area contributed by atoms with Gasteiger partial charge in [-0.15, -0.1) is 0 Å². The molecule has 2 aliphatic heterocycles. The second kappa shape index (κ2) is 9.35. The van der Waals surface area contributed by atoms with Gasteiger partial charge in [0.25, 0.3) is 0 Å². The van der Waals surface area contributed by atoms with Gasteiger partial charge in [0.15, 0.2) is 0 Å². The molecule has 2 saturated heterocycles. The molecule has 144 valence electrons. The van der Waals surface area contributed by atoms with Crippen LogP contribution < -0.4 is 10.1 Å². The van der Waals surface area contributed by atoms with Crippen molar-refractivity contribution in [2.45, 2.75) is 19.8 Å². The van der Waals surface area contributed by atoms with Gasteiger partial charge in [0, 0.05) is 19.6 Å². The van der Waals surface area contributed by atoms with E-state index >= 15 is 0 Å². The van der Waals surface area contributed by atoms with Crippen LogP contribution in [0.15, 0.2) is 18.2 Å². The summed E-state index contributed by atoms with van der Waals surface area (Å²) in [5.41, 5.74) is 1.85. The number of hydrogen-bond acceptors (Lipinski definition) is 5. The molecule has 0 radical (unpaired) electrons. The van der Waals surface area contributed by atoms with Gasteiger partial charge >= 0.3 is 0 Å². The zero-order valence-corrected chi connectivity index (χ0v) is 16.0. The Hall–Kier alpha value is -1.63. The topological polar surface area (TPSA) is 54.0 Å². The van der Waals surface area contributed by atoms with Crippen molar-refractivity contribution in [3.63, 3.8) is 0 Å². The Labute approximate surface area is 156 Å². The highest BCUT2D eigenvalue weighted by molar-refractivity contribution is 5.93. The molecule has 0 bridgehead atoms. The lowest BCUT2D eigenvalue weighted by Crippen LogP contribution is -2.44. The lowest BCUT2D eigenvalue weighted by atomic mass is 9.96. The Morgan fingerprint density at radius 1 is 1.19 bits per heavy atom. The van der Waals surface area contributed by atoms with Crippen LogP contribution in [-0.2, 0) is 9.53 Å². The van der Waals surface area contributed by atoms with Crippen LogP contribution in [0.3, 0.4) is 0 Å². The summed E-state index contributed by atoms with van der Waals surface area (Å²) in [6, 6.07) is 5.82. The minimum absolute atomic E-state index is 0.0283. The van der Waals surface area contributed by atoms with Gasteiger partial charge in [-0.25, -0.2) is 0 Å². The van der Waals surface area contributed by atoms with Crippen LogP contribution in [0.2, 0.25) is 0 Å². The van der Waals surface area contributed by atoms with E-state index in [0.29, 0.717) is 12.3 Å². The maximum absolute atomic E-state index is 12.4. The molecule has 1 amide bonds.